The van der Waals surface area contributed by atoms with Gasteiger partial charge < -0.3 is 24.2 Å². The first kappa shape index (κ1) is 18.2. The van der Waals surface area contributed by atoms with Gasteiger partial charge in [0.2, 0.25) is 0 Å². The number of nitrogens with zero attached hydrogens (tertiary/aromatic N) is 1. The molecule has 0 aliphatic carbocycles. The van der Waals surface area contributed by atoms with Crippen LogP contribution in [0.4, 0.5) is 4.79 Å². The largest absolute Gasteiger partial charge is 0.508 e. The Morgan fingerprint density at radius 2 is 2.08 bits per heavy atom. The molecule has 1 atom stereocenters. The summed E-state index contributed by atoms with van der Waals surface area (Å²) in [5.41, 5.74) is -0.491. The van der Waals surface area contributed by atoms with Crippen LogP contribution in [-0.4, -0.2) is 48.5 Å². The minimum atomic E-state index is -0.491. The Kier molecular flexibility index (Phi) is 5.80. The molecule has 1 aromatic rings. The van der Waals surface area contributed by atoms with Gasteiger partial charge in [0.05, 0.1) is 13.7 Å². The first-order chi connectivity index (χ1) is 11.3. The van der Waals surface area contributed by atoms with Gasteiger partial charge in [-0.25, -0.2) is 4.79 Å². The van der Waals surface area contributed by atoms with Gasteiger partial charge in [-0.3, -0.25) is 0 Å². The zero-order valence-corrected chi connectivity index (χ0v) is 14.9. The number of piperidine rings is 1. The second-order valence-corrected chi connectivity index (χ2v) is 7.08. The van der Waals surface area contributed by atoms with Crippen LogP contribution in [0.1, 0.15) is 33.6 Å². The molecule has 1 aliphatic heterocycles. The fourth-order valence-corrected chi connectivity index (χ4v) is 2.68. The Morgan fingerprint density at radius 3 is 2.75 bits per heavy atom. The molecule has 1 heterocycles. The summed E-state index contributed by atoms with van der Waals surface area (Å²) in [6.45, 7) is 7.37. The highest BCUT2D eigenvalue weighted by molar-refractivity contribution is 5.68. The van der Waals surface area contributed by atoms with Gasteiger partial charge in [-0.2, -0.15) is 0 Å². The number of aromatic hydroxyl groups is 1. The second kappa shape index (κ2) is 7.64. The van der Waals surface area contributed by atoms with Gasteiger partial charge in [0.25, 0.3) is 0 Å². The molecule has 0 spiro atoms. The summed E-state index contributed by atoms with van der Waals surface area (Å²) in [6, 6.07) is 4.75. The monoisotopic (exact) mass is 337 g/mol. The van der Waals surface area contributed by atoms with E-state index in [0.717, 1.165) is 12.8 Å². The number of carbonyl (C=O) groups is 1. The lowest BCUT2D eigenvalue weighted by Crippen LogP contribution is -2.44. The van der Waals surface area contributed by atoms with Crippen LogP contribution in [-0.2, 0) is 4.74 Å². The third-order valence-electron chi connectivity index (χ3n) is 3.79. The quantitative estimate of drug-likeness (QED) is 0.912. The van der Waals surface area contributed by atoms with Crippen molar-refractivity contribution in [3.8, 4) is 17.2 Å². The molecule has 24 heavy (non-hydrogen) atoms. The maximum Gasteiger partial charge on any atom is 0.410 e. The maximum absolute atomic E-state index is 12.2. The maximum atomic E-state index is 12.2. The molecule has 1 aromatic carbocycles. The Balaban J connectivity index is 1.92. The number of hydrogen-bond acceptors (Lipinski definition) is 5. The Morgan fingerprint density at radius 1 is 1.33 bits per heavy atom. The standard InChI is InChI=1S/C18H27NO5/c1-18(2,3)24-17(21)19-9-5-6-13(11-19)12-23-16-10-14(20)7-8-15(16)22-4/h7-8,10,13,20H,5-6,9,11-12H2,1-4H3. The van der Waals surface area contributed by atoms with Crippen LogP contribution in [0.2, 0.25) is 0 Å². The molecular formula is C18H27NO5. The van der Waals surface area contributed by atoms with Crippen molar-refractivity contribution in [2.24, 2.45) is 5.92 Å². The van der Waals surface area contributed by atoms with E-state index >= 15 is 0 Å². The average molecular weight is 337 g/mol. The zero-order valence-electron chi connectivity index (χ0n) is 14.9. The SMILES string of the molecule is COc1ccc(O)cc1OCC1CCCN(C(=O)OC(C)(C)C)C1. The normalized spacial score (nSPS) is 18.2. The van der Waals surface area contributed by atoms with Crippen LogP contribution >= 0.6 is 0 Å². The number of rotatable bonds is 4. The molecular weight excluding hydrogens is 310 g/mol. The summed E-state index contributed by atoms with van der Waals surface area (Å²) in [6.07, 6.45) is 1.63. The van der Waals surface area contributed by atoms with Crippen molar-refractivity contribution >= 4 is 6.09 Å². The predicted octanol–water partition coefficient (Wildman–Crippen LogP) is 3.43. The zero-order chi connectivity index (χ0) is 17.7. The summed E-state index contributed by atoms with van der Waals surface area (Å²) in [5, 5.41) is 9.59. The molecule has 6 nitrogen and oxygen atoms in total. The minimum absolute atomic E-state index is 0.129. The fourth-order valence-electron chi connectivity index (χ4n) is 2.68. The van der Waals surface area contributed by atoms with E-state index in [9.17, 15) is 9.90 Å². The van der Waals surface area contributed by atoms with E-state index in [4.69, 9.17) is 14.2 Å². The van der Waals surface area contributed by atoms with E-state index in [-0.39, 0.29) is 17.8 Å². The van der Waals surface area contributed by atoms with Crippen LogP contribution in [0.15, 0.2) is 18.2 Å². The third kappa shape index (κ3) is 5.22. The highest BCUT2D eigenvalue weighted by Crippen LogP contribution is 2.31. The van der Waals surface area contributed by atoms with E-state index in [0.29, 0.717) is 31.2 Å². The van der Waals surface area contributed by atoms with Crippen LogP contribution in [0.25, 0.3) is 0 Å². The molecule has 1 unspecified atom stereocenters. The highest BCUT2D eigenvalue weighted by atomic mass is 16.6. The van der Waals surface area contributed by atoms with Crippen molar-refractivity contribution < 1.29 is 24.1 Å². The van der Waals surface area contributed by atoms with Crippen molar-refractivity contribution in [3.05, 3.63) is 18.2 Å². The van der Waals surface area contributed by atoms with E-state index in [2.05, 4.69) is 0 Å². The number of ether oxygens (including phenoxy) is 3. The number of phenolic OH excluding ortho intramolecular Hbond substituents is 1. The molecule has 1 saturated heterocycles. The number of likely N-dealkylation sites (tertiary alicyclic amines) is 1. The van der Waals surface area contributed by atoms with Gasteiger partial charge in [0, 0.05) is 25.1 Å². The molecule has 1 aliphatic rings. The van der Waals surface area contributed by atoms with Crippen LogP contribution in [0.5, 0.6) is 17.2 Å². The van der Waals surface area contributed by atoms with Gasteiger partial charge in [-0.15, -0.1) is 0 Å². The highest BCUT2D eigenvalue weighted by Gasteiger charge is 2.28. The number of methoxy groups -OCH3 is 1. The smallest absolute Gasteiger partial charge is 0.410 e. The minimum Gasteiger partial charge on any atom is -0.508 e. The number of amides is 1. The van der Waals surface area contributed by atoms with Crippen molar-refractivity contribution in [2.75, 3.05) is 26.8 Å². The molecule has 1 fully saturated rings. The second-order valence-electron chi connectivity index (χ2n) is 7.08. The average Bonchev–Trinajstić information content (AvgIpc) is 2.52. The molecule has 0 radical (unpaired) electrons. The molecule has 134 valence electrons. The van der Waals surface area contributed by atoms with Crippen LogP contribution in [0.3, 0.4) is 0 Å². The number of phenols is 1. The topological polar surface area (TPSA) is 68.2 Å². The molecule has 0 bridgehead atoms. The molecule has 1 amide bonds. The van der Waals surface area contributed by atoms with E-state index < -0.39 is 5.60 Å². The Hall–Kier alpha value is -2.11. The lowest BCUT2D eigenvalue weighted by atomic mass is 9.99. The predicted molar refractivity (Wildman–Crippen MR) is 90.7 cm³/mol. The fraction of sp³-hybridized carbons (Fsp3) is 0.611. The molecule has 2 rings (SSSR count). The summed E-state index contributed by atoms with van der Waals surface area (Å²) >= 11 is 0. The van der Waals surface area contributed by atoms with E-state index in [1.54, 1.807) is 24.1 Å². The number of hydrogen-bond donors (Lipinski definition) is 1. The summed E-state index contributed by atoms with van der Waals surface area (Å²) in [5.74, 6) is 1.43. The van der Waals surface area contributed by atoms with E-state index in [1.807, 2.05) is 20.8 Å². The summed E-state index contributed by atoms with van der Waals surface area (Å²) in [7, 11) is 1.56. The van der Waals surface area contributed by atoms with Gasteiger partial charge in [-0.05, 0) is 45.7 Å². The first-order valence-corrected chi connectivity index (χ1v) is 8.26. The summed E-state index contributed by atoms with van der Waals surface area (Å²) in [4.78, 5) is 13.9. The number of carbonyl (C=O) groups excluding carboxylic acids is 1. The molecule has 0 saturated carbocycles. The Labute approximate surface area is 143 Å². The van der Waals surface area contributed by atoms with Gasteiger partial charge in [-0.1, -0.05) is 0 Å². The van der Waals surface area contributed by atoms with Gasteiger partial charge >= 0.3 is 6.09 Å². The lowest BCUT2D eigenvalue weighted by Gasteiger charge is -2.34. The van der Waals surface area contributed by atoms with Gasteiger partial charge in [0.15, 0.2) is 11.5 Å². The van der Waals surface area contributed by atoms with Crippen molar-refractivity contribution in [3.63, 3.8) is 0 Å². The third-order valence-corrected chi connectivity index (χ3v) is 3.79. The van der Waals surface area contributed by atoms with E-state index in [1.165, 1.54) is 6.07 Å². The van der Waals surface area contributed by atoms with Crippen LogP contribution in [0, 0.1) is 5.92 Å². The number of benzene rings is 1. The summed E-state index contributed by atoms with van der Waals surface area (Å²) < 4.78 is 16.5. The van der Waals surface area contributed by atoms with Crippen LogP contribution < -0.4 is 9.47 Å². The van der Waals surface area contributed by atoms with Gasteiger partial charge in [0.1, 0.15) is 11.4 Å². The van der Waals surface area contributed by atoms with Crippen molar-refractivity contribution in [2.45, 2.75) is 39.2 Å². The molecule has 1 N–H and O–H groups in total. The first-order valence-electron chi connectivity index (χ1n) is 8.26. The van der Waals surface area contributed by atoms with Crippen molar-refractivity contribution in [1.82, 2.24) is 4.90 Å². The van der Waals surface area contributed by atoms with Crippen molar-refractivity contribution in [1.29, 1.82) is 0 Å². The molecule has 6 heteroatoms. The molecule has 0 aromatic heterocycles. The lowest BCUT2D eigenvalue weighted by molar-refractivity contribution is 0.0138. The Bertz CT molecular complexity index is 567.